The van der Waals surface area contributed by atoms with E-state index in [4.69, 9.17) is 0 Å². The molecule has 84 valence electrons. The van der Waals surface area contributed by atoms with Gasteiger partial charge in [0.1, 0.15) is 0 Å². The number of aromatic amines is 1. The van der Waals surface area contributed by atoms with E-state index in [-0.39, 0.29) is 0 Å². The number of hydrogen-bond acceptors (Lipinski definition) is 0. The van der Waals surface area contributed by atoms with Crippen molar-refractivity contribution in [1.29, 1.82) is 0 Å². The molecule has 2 aromatic rings. The van der Waals surface area contributed by atoms with Gasteiger partial charge in [-0.05, 0) is 30.4 Å². The molecular weight excluding hydrogens is 194 g/mol. The second kappa shape index (κ2) is 4.32. The zero-order chi connectivity index (χ0) is 10.8. The summed E-state index contributed by atoms with van der Waals surface area (Å²) in [6.45, 7) is 0. The van der Waals surface area contributed by atoms with E-state index in [0.717, 1.165) is 5.92 Å². The molecule has 3 rings (SSSR count). The maximum Gasteiger partial charge on any atom is 0.0456 e. The van der Waals surface area contributed by atoms with Gasteiger partial charge in [-0.25, -0.2) is 0 Å². The number of para-hydroxylation sites is 1. The summed E-state index contributed by atoms with van der Waals surface area (Å²) in [7, 11) is 0. The van der Waals surface area contributed by atoms with Gasteiger partial charge in [0.25, 0.3) is 0 Å². The highest BCUT2D eigenvalue weighted by Gasteiger charge is 2.17. The van der Waals surface area contributed by atoms with Gasteiger partial charge in [0.15, 0.2) is 0 Å². The number of hydrogen-bond donors (Lipinski definition) is 1. The third-order valence-electron chi connectivity index (χ3n) is 3.92. The molecule has 0 amide bonds. The first kappa shape index (κ1) is 9.95. The van der Waals surface area contributed by atoms with Gasteiger partial charge < -0.3 is 4.98 Å². The minimum atomic E-state index is 0.790. The molecule has 1 aromatic carbocycles. The van der Waals surface area contributed by atoms with Crippen LogP contribution in [-0.2, 0) is 0 Å². The molecule has 1 aliphatic rings. The molecule has 0 atom stereocenters. The molecule has 1 aromatic heterocycles. The van der Waals surface area contributed by atoms with Crippen LogP contribution in [0.25, 0.3) is 10.9 Å². The Kier molecular flexibility index (Phi) is 2.69. The summed E-state index contributed by atoms with van der Waals surface area (Å²) >= 11 is 0. The maximum absolute atomic E-state index is 3.41. The summed E-state index contributed by atoms with van der Waals surface area (Å²) in [5.74, 6) is 0.790. The lowest BCUT2D eigenvalue weighted by atomic mass is 9.91. The lowest BCUT2D eigenvalue weighted by Gasteiger charge is -2.12. The Balaban J connectivity index is 1.97. The Morgan fingerprint density at radius 3 is 2.50 bits per heavy atom. The van der Waals surface area contributed by atoms with Crippen LogP contribution in [0.1, 0.15) is 50.0 Å². The van der Waals surface area contributed by atoms with Gasteiger partial charge in [0.2, 0.25) is 0 Å². The van der Waals surface area contributed by atoms with Gasteiger partial charge in [0.05, 0.1) is 0 Å². The van der Waals surface area contributed by atoms with Crippen molar-refractivity contribution >= 4 is 10.9 Å². The van der Waals surface area contributed by atoms with E-state index in [2.05, 4.69) is 35.4 Å². The predicted molar refractivity (Wildman–Crippen MR) is 68.7 cm³/mol. The molecule has 0 unspecified atom stereocenters. The van der Waals surface area contributed by atoms with Gasteiger partial charge in [-0.15, -0.1) is 0 Å². The first-order valence-corrected chi connectivity index (χ1v) is 6.51. The number of H-pyrrole nitrogens is 1. The van der Waals surface area contributed by atoms with Gasteiger partial charge in [-0.1, -0.05) is 43.9 Å². The van der Waals surface area contributed by atoms with E-state index in [1.165, 1.54) is 49.4 Å². The Hall–Kier alpha value is -1.24. The van der Waals surface area contributed by atoms with Gasteiger partial charge in [0, 0.05) is 17.1 Å². The molecular formula is C15H19N. The molecule has 1 fully saturated rings. The van der Waals surface area contributed by atoms with Crippen LogP contribution in [0.15, 0.2) is 30.5 Å². The summed E-state index contributed by atoms with van der Waals surface area (Å²) in [5.41, 5.74) is 2.85. The highest BCUT2D eigenvalue weighted by atomic mass is 14.7. The van der Waals surface area contributed by atoms with Crippen LogP contribution < -0.4 is 0 Å². The summed E-state index contributed by atoms with van der Waals surface area (Å²) < 4.78 is 0. The predicted octanol–water partition coefficient (Wildman–Crippen LogP) is 4.61. The Morgan fingerprint density at radius 2 is 1.69 bits per heavy atom. The van der Waals surface area contributed by atoms with E-state index in [0.29, 0.717) is 0 Å². The number of aromatic nitrogens is 1. The molecule has 0 saturated heterocycles. The molecule has 1 saturated carbocycles. The normalized spacial score (nSPS) is 18.8. The van der Waals surface area contributed by atoms with Crippen molar-refractivity contribution in [2.75, 3.05) is 0 Å². The van der Waals surface area contributed by atoms with Crippen LogP contribution in [0, 0.1) is 0 Å². The van der Waals surface area contributed by atoms with E-state index < -0.39 is 0 Å². The van der Waals surface area contributed by atoms with Crippen molar-refractivity contribution in [2.24, 2.45) is 0 Å². The zero-order valence-electron chi connectivity index (χ0n) is 9.71. The molecule has 1 aliphatic carbocycles. The Labute approximate surface area is 96.9 Å². The quantitative estimate of drug-likeness (QED) is 0.666. The average molecular weight is 213 g/mol. The van der Waals surface area contributed by atoms with Gasteiger partial charge in [-0.3, -0.25) is 0 Å². The molecule has 0 radical (unpaired) electrons. The second-order valence-corrected chi connectivity index (χ2v) is 4.98. The van der Waals surface area contributed by atoms with E-state index in [1.54, 1.807) is 5.56 Å². The van der Waals surface area contributed by atoms with Crippen molar-refractivity contribution in [3.8, 4) is 0 Å². The fraction of sp³-hybridized carbons (Fsp3) is 0.467. The number of rotatable bonds is 1. The van der Waals surface area contributed by atoms with Crippen LogP contribution in [0.3, 0.4) is 0 Å². The minimum absolute atomic E-state index is 0.790. The SMILES string of the molecule is c1ccc2c(C3CCCCCC3)c[nH]c2c1. The number of benzene rings is 1. The van der Waals surface area contributed by atoms with Crippen LogP contribution in [-0.4, -0.2) is 4.98 Å². The molecule has 16 heavy (non-hydrogen) atoms. The summed E-state index contributed by atoms with van der Waals surface area (Å²) in [4.78, 5) is 3.41. The van der Waals surface area contributed by atoms with Gasteiger partial charge >= 0.3 is 0 Å². The Morgan fingerprint density at radius 1 is 0.938 bits per heavy atom. The van der Waals surface area contributed by atoms with Crippen molar-refractivity contribution in [3.63, 3.8) is 0 Å². The molecule has 0 spiro atoms. The molecule has 1 heteroatoms. The fourth-order valence-corrected chi connectivity index (χ4v) is 3.02. The van der Waals surface area contributed by atoms with Crippen molar-refractivity contribution in [3.05, 3.63) is 36.0 Å². The molecule has 1 heterocycles. The topological polar surface area (TPSA) is 15.8 Å². The lowest BCUT2D eigenvalue weighted by molar-refractivity contribution is 0.596. The van der Waals surface area contributed by atoms with Crippen LogP contribution >= 0.6 is 0 Å². The van der Waals surface area contributed by atoms with E-state index in [9.17, 15) is 0 Å². The fourth-order valence-electron chi connectivity index (χ4n) is 3.02. The largest absolute Gasteiger partial charge is 0.361 e. The average Bonchev–Trinajstić information content (AvgIpc) is 2.57. The molecule has 1 N–H and O–H groups in total. The maximum atomic E-state index is 3.41. The van der Waals surface area contributed by atoms with Crippen LogP contribution in [0.5, 0.6) is 0 Å². The van der Waals surface area contributed by atoms with Crippen molar-refractivity contribution in [2.45, 2.75) is 44.4 Å². The molecule has 0 bridgehead atoms. The van der Waals surface area contributed by atoms with Gasteiger partial charge in [-0.2, -0.15) is 0 Å². The summed E-state index contributed by atoms with van der Waals surface area (Å²) in [6, 6.07) is 8.69. The lowest BCUT2D eigenvalue weighted by Crippen LogP contribution is -1.95. The monoisotopic (exact) mass is 213 g/mol. The third-order valence-corrected chi connectivity index (χ3v) is 3.92. The first-order chi connectivity index (χ1) is 7.95. The Bertz CT molecular complexity index is 461. The number of nitrogens with one attached hydrogen (secondary N) is 1. The highest BCUT2D eigenvalue weighted by molar-refractivity contribution is 5.83. The molecule has 1 nitrogen and oxygen atoms in total. The third kappa shape index (κ3) is 1.75. The van der Waals surface area contributed by atoms with E-state index >= 15 is 0 Å². The smallest absolute Gasteiger partial charge is 0.0456 e. The standard InChI is InChI=1S/C15H19N/c1-2-4-8-12(7-3-1)14-11-16-15-10-6-5-9-13(14)15/h5-6,9-12,16H,1-4,7-8H2. The van der Waals surface area contributed by atoms with Crippen molar-refractivity contribution < 1.29 is 0 Å². The molecule has 0 aliphatic heterocycles. The van der Waals surface area contributed by atoms with Crippen LogP contribution in [0.2, 0.25) is 0 Å². The highest BCUT2D eigenvalue weighted by Crippen LogP contribution is 2.35. The second-order valence-electron chi connectivity index (χ2n) is 4.98. The summed E-state index contributed by atoms with van der Waals surface area (Å²) in [5, 5.41) is 1.44. The summed E-state index contributed by atoms with van der Waals surface area (Å²) in [6.07, 6.45) is 10.7. The first-order valence-electron chi connectivity index (χ1n) is 6.51. The van der Waals surface area contributed by atoms with Crippen LogP contribution in [0.4, 0.5) is 0 Å². The van der Waals surface area contributed by atoms with E-state index in [1.807, 2.05) is 0 Å². The zero-order valence-corrected chi connectivity index (χ0v) is 9.71. The minimum Gasteiger partial charge on any atom is -0.361 e. The number of fused-ring (bicyclic) bond motifs is 1. The van der Waals surface area contributed by atoms with Crippen molar-refractivity contribution in [1.82, 2.24) is 4.98 Å².